The number of aliphatic imine (C=N–C) groups is 1. The van der Waals surface area contributed by atoms with E-state index in [0.29, 0.717) is 62.4 Å². The second-order valence-electron chi connectivity index (χ2n) is 15.5. The van der Waals surface area contributed by atoms with Crippen molar-refractivity contribution in [2.75, 3.05) is 39.4 Å². The molecule has 0 aromatic rings. The molecule has 4 aliphatic carbocycles. The SMILES string of the molecule is C=NCCNOC1(C)CC2(N)CC(OCCCN)CCC2(C)C2CC(OCCCN)C3(C)C(C(C)CCCC)CCC3C21. The van der Waals surface area contributed by atoms with Crippen molar-refractivity contribution in [1.29, 1.82) is 0 Å². The lowest BCUT2D eigenvalue weighted by Crippen LogP contribution is -2.75. The van der Waals surface area contributed by atoms with Gasteiger partial charge in [0.2, 0.25) is 0 Å². The van der Waals surface area contributed by atoms with Crippen LogP contribution >= 0.6 is 0 Å². The second kappa shape index (κ2) is 14.9. The standard InChI is InChI=1S/C35H67N5O3/c1-7-8-11-25(2)27-12-13-28-31-29(22-30(34(27,28)5)42-21-10-17-37)32(3)15-14-26(41-20-9-16-36)23-35(32,38)24-33(31,4)43-40-19-18-39-6/h25-31,40H,6-24,36-38H2,1-5H3. The molecule has 7 N–H and O–H groups in total. The van der Waals surface area contributed by atoms with E-state index in [-0.39, 0.29) is 23.0 Å². The van der Waals surface area contributed by atoms with Crippen LogP contribution in [-0.4, -0.2) is 69.5 Å². The molecule has 0 saturated heterocycles. The molecule has 0 amide bonds. The van der Waals surface area contributed by atoms with E-state index >= 15 is 0 Å². The Labute approximate surface area is 263 Å². The maximum atomic E-state index is 7.68. The molecule has 4 aliphatic rings. The number of nitrogens with two attached hydrogens (primary N) is 3. The van der Waals surface area contributed by atoms with E-state index in [2.05, 4.69) is 51.8 Å². The molecule has 8 nitrogen and oxygen atoms in total. The third kappa shape index (κ3) is 6.77. The number of nitrogens with one attached hydrogen (secondary N) is 1. The van der Waals surface area contributed by atoms with Gasteiger partial charge in [0.25, 0.3) is 0 Å². The van der Waals surface area contributed by atoms with Crippen LogP contribution in [0.15, 0.2) is 4.99 Å². The lowest BCUT2D eigenvalue weighted by Gasteiger charge is -2.70. The molecular weight excluding hydrogens is 538 g/mol. The monoisotopic (exact) mass is 606 g/mol. The number of unbranched alkanes of at least 4 members (excludes halogenated alkanes) is 1. The zero-order valence-corrected chi connectivity index (χ0v) is 28.4. The van der Waals surface area contributed by atoms with Crippen LogP contribution < -0.4 is 22.7 Å². The first-order chi connectivity index (χ1) is 20.5. The number of rotatable bonds is 17. The Bertz CT molecular complexity index is 894. The number of nitrogens with zero attached hydrogens (tertiary/aromatic N) is 1. The highest BCUT2D eigenvalue weighted by Gasteiger charge is 2.72. The average Bonchev–Trinajstić information content (AvgIpc) is 3.33. The van der Waals surface area contributed by atoms with Crippen LogP contribution in [0.5, 0.6) is 0 Å². The molecule has 0 radical (unpaired) electrons. The molecule has 43 heavy (non-hydrogen) atoms. The lowest BCUT2D eigenvalue weighted by atomic mass is 9.38. The summed E-state index contributed by atoms with van der Waals surface area (Å²) < 4.78 is 13.3. The third-order valence-electron chi connectivity index (χ3n) is 13.1. The maximum absolute atomic E-state index is 7.68. The number of hydroxylamine groups is 1. The molecule has 0 heterocycles. The minimum Gasteiger partial charge on any atom is -0.378 e. The minimum absolute atomic E-state index is 0.0142. The number of ether oxygens (including phenoxy) is 2. The zero-order chi connectivity index (χ0) is 31.3. The van der Waals surface area contributed by atoms with Gasteiger partial charge in [0, 0.05) is 30.7 Å². The largest absolute Gasteiger partial charge is 0.378 e. The fourth-order valence-electron chi connectivity index (χ4n) is 10.8. The third-order valence-corrected chi connectivity index (χ3v) is 13.1. The summed E-state index contributed by atoms with van der Waals surface area (Å²) in [6.07, 6.45) is 13.4. The number of hydrogen-bond acceptors (Lipinski definition) is 8. The van der Waals surface area contributed by atoms with E-state index in [0.717, 1.165) is 51.6 Å². The number of hydrogen-bond donors (Lipinski definition) is 4. The highest BCUT2D eigenvalue weighted by Crippen LogP contribution is 2.71. The van der Waals surface area contributed by atoms with Gasteiger partial charge in [-0.1, -0.05) is 47.0 Å². The van der Waals surface area contributed by atoms with E-state index in [1.54, 1.807) is 0 Å². The minimum atomic E-state index is -0.408. The maximum Gasteiger partial charge on any atom is 0.0920 e. The fourth-order valence-corrected chi connectivity index (χ4v) is 10.8. The van der Waals surface area contributed by atoms with Crippen LogP contribution in [0.25, 0.3) is 0 Å². The Hall–Kier alpha value is -0.610. The summed E-state index contributed by atoms with van der Waals surface area (Å²) in [6, 6.07) is 0. The first-order valence-electron chi connectivity index (χ1n) is 17.8. The predicted molar refractivity (Wildman–Crippen MR) is 177 cm³/mol. The van der Waals surface area contributed by atoms with Crippen molar-refractivity contribution in [2.45, 2.75) is 135 Å². The molecule has 11 unspecified atom stereocenters. The summed E-state index contributed by atoms with van der Waals surface area (Å²) >= 11 is 0. The molecular formula is C35H67N5O3. The summed E-state index contributed by atoms with van der Waals surface area (Å²) in [5.41, 5.74) is 22.0. The number of fused-ring (bicyclic) bond motifs is 5. The van der Waals surface area contributed by atoms with Crippen LogP contribution in [0.2, 0.25) is 0 Å². The summed E-state index contributed by atoms with van der Waals surface area (Å²) in [7, 11) is 0. The van der Waals surface area contributed by atoms with Crippen LogP contribution in [0.3, 0.4) is 0 Å². The van der Waals surface area contributed by atoms with Gasteiger partial charge in [-0.3, -0.25) is 9.83 Å². The van der Waals surface area contributed by atoms with Gasteiger partial charge in [0.15, 0.2) is 0 Å². The lowest BCUT2D eigenvalue weighted by molar-refractivity contribution is -0.276. The molecule has 0 aromatic carbocycles. The van der Waals surface area contributed by atoms with Gasteiger partial charge in [-0.25, -0.2) is 5.48 Å². The molecule has 4 fully saturated rings. The Balaban J connectivity index is 1.73. The van der Waals surface area contributed by atoms with Gasteiger partial charge in [-0.05, 0) is 120 Å². The summed E-state index contributed by atoms with van der Waals surface area (Å²) in [5.74, 6) is 2.67. The normalized spacial score (nSPS) is 43.1. The van der Waals surface area contributed by atoms with Gasteiger partial charge >= 0.3 is 0 Å². The molecule has 0 bridgehead atoms. The van der Waals surface area contributed by atoms with Crippen molar-refractivity contribution < 1.29 is 14.3 Å². The van der Waals surface area contributed by atoms with Crippen molar-refractivity contribution in [3.63, 3.8) is 0 Å². The van der Waals surface area contributed by atoms with Gasteiger partial charge in [0.1, 0.15) is 0 Å². The molecule has 4 rings (SSSR count). The molecule has 8 heteroatoms. The molecule has 11 atom stereocenters. The topological polar surface area (TPSA) is 130 Å². The molecule has 0 aliphatic heterocycles. The Kier molecular flexibility index (Phi) is 12.2. The Morgan fingerprint density at radius 3 is 2.40 bits per heavy atom. The quantitative estimate of drug-likeness (QED) is 0.102. The average molecular weight is 606 g/mol. The summed E-state index contributed by atoms with van der Waals surface area (Å²) in [4.78, 5) is 10.9. The van der Waals surface area contributed by atoms with Crippen molar-refractivity contribution in [1.82, 2.24) is 5.48 Å². The molecule has 250 valence electrons. The predicted octanol–water partition coefficient (Wildman–Crippen LogP) is 5.22. The van der Waals surface area contributed by atoms with Crippen LogP contribution in [0.4, 0.5) is 0 Å². The Morgan fingerprint density at radius 1 is 1.00 bits per heavy atom. The second-order valence-corrected chi connectivity index (χ2v) is 15.5. The summed E-state index contributed by atoms with van der Waals surface area (Å²) in [6.45, 7) is 20.0. The first-order valence-corrected chi connectivity index (χ1v) is 17.8. The van der Waals surface area contributed by atoms with Crippen molar-refractivity contribution in [3.8, 4) is 0 Å². The van der Waals surface area contributed by atoms with E-state index < -0.39 is 11.1 Å². The zero-order valence-electron chi connectivity index (χ0n) is 28.4. The highest BCUT2D eigenvalue weighted by atomic mass is 16.7. The van der Waals surface area contributed by atoms with Crippen LogP contribution in [0.1, 0.15) is 112 Å². The highest BCUT2D eigenvalue weighted by molar-refractivity contribution is 5.23. The van der Waals surface area contributed by atoms with E-state index in [1.807, 2.05) is 0 Å². The smallest absolute Gasteiger partial charge is 0.0920 e. The van der Waals surface area contributed by atoms with E-state index in [1.165, 1.54) is 32.1 Å². The molecule has 4 saturated carbocycles. The van der Waals surface area contributed by atoms with Gasteiger partial charge < -0.3 is 26.7 Å². The van der Waals surface area contributed by atoms with E-state index in [9.17, 15) is 0 Å². The first kappa shape index (κ1) is 35.2. The van der Waals surface area contributed by atoms with Crippen molar-refractivity contribution in [2.24, 2.45) is 62.6 Å². The van der Waals surface area contributed by atoms with Gasteiger partial charge in [-0.15, -0.1) is 0 Å². The van der Waals surface area contributed by atoms with Crippen molar-refractivity contribution >= 4 is 6.72 Å². The van der Waals surface area contributed by atoms with Gasteiger partial charge in [0.05, 0.1) is 24.4 Å². The van der Waals surface area contributed by atoms with Gasteiger partial charge in [-0.2, -0.15) is 0 Å². The van der Waals surface area contributed by atoms with Crippen LogP contribution in [0, 0.1) is 40.4 Å². The fraction of sp³-hybridized carbons (Fsp3) is 0.971. The van der Waals surface area contributed by atoms with E-state index in [4.69, 9.17) is 31.5 Å². The Morgan fingerprint density at radius 2 is 1.72 bits per heavy atom. The molecule has 0 aromatic heterocycles. The van der Waals surface area contributed by atoms with Crippen LogP contribution in [-0.2, 0) is 14.3 Å². The van der Waals surface area contributed by atoms with Crippen molar-refractivity contribution in [3.05, 3.63) is 0 Å². The molecule has 0 spiro atoms. The summed E-state index contributed by atoms with van der Waals surface area (Å²) in [5, 5.41) is 0.